The minimum atomic E-state index is -0.788. The number of anilines is 2. The summed E-state index contributed by atoms with van der Waals surface area (Å²) < 4.78 is 26.0. The first-order chi connectivity index (χ1) is 9.94. The quantitative estimate of drug-likeness (QED) is 0.844. The predicted octanol–water partition coefficient (Wildman–Crippen LogP) is 3.81. The van der Waals surface area contributed by atoms with Crippen LogP contribution < -0.4 is 10.6 Å². The number of hydrogen-bond acceptors (Lipinski definition) is 2. The largest absolute Gasteiger partial charge is 0.323 e. The van der Waals surface area contributed by atoms with Crippen molar-refractivity contribution in [2.45, 2.75) is 6.92 Å². The molecule has 21 heavy (non-hydrogen) atoms. The lowest BCUT2D eigenvalue weighted by molar-refractivity contribution is 0.101. The second-order valence-electron chi connectivity index (χ2n) is 4.37. The topological polar surface area (TPSA) is 58.2 Å². The van der Waals surface area contributed by atoms with Gasteiger partial charge in [-0.25, -0.2) is 13.6 Å². The molecule has 2 aromatic rings. The van der Waals surface area contributed by atoms with Crippen molar-refractivity contribution in [1.82, 2.24) is 0 Å². The number of ketones is 1. The van der Waals surface area contributed by atoms with Gasteiger partial charge in [-0.2, -0.15) is 0 Å². The Morgan fingerprint density at radius 3 is 2.14 bits per heavy atom. The van der Waals surface area contributed by atoms with Crippen LogP contribution in [0.4, 0.5) is 25.0 Å². The van der Waals surface area contributed by atoms with E-state index in [4.69, 9.17) is 0 Å². The van der Waals surface area contributed by atoms with Gasteiger partial charge in [-0.1, -0.05) is 12.1 Å². The Hall–Kier alpha value is -2.76. The molecule has 0 saturated carbocycles. The molecule has 0 heterocycles. The molecule has 2 rings (SSSR count). The van der Waals surface area contributed by atoms with Gasteiger partial charge in [0, 0.05) is 23.0 Å². The smallest absolute Gasteiger partial charge is 0.308 e. The van der Waals surface area contributed by atoms with Crippen LogP contribution in [0.2, 0.25) is 0 Å². The zero-order valence-corrected chi connectivity index (χ0v) is 11.1. The lowest BCUT2D eigenvalue weighted by atomic mass is 10.1. The number of carbonyl (C=O) groups excluding carboxylic acids is 2. The van der Waals surface area contributed by atoms with Crippen LogP contribution in [0.3, 0.4) is 0 Å². The van der Waals surface area contributed by atoms with E-state index in [1.165, 1.54) is 13.0 Å². The Kier molecular flexibility index (Phi) is 4.27. The Balaban J connectivity index is 2.08. The third-order valence-electron chi connectivity index (χ3n) is 2.65. The van der Waals surface area contributed by atoms with E-state index in [2.05, 4.69) is 10.6 Å². The predicted molar refractivity (Wildman–Crippen MR) is 75.4 cm³/mol. The van der Waals surface area contributed by atoms with Gasteiger partial charge in [-0.05, 0) is 31.2 Å². The number of hydrogen-bond donors (Lipinski definition) is 2. The molecule has 2 N–H and O–H groups in total. The van der Waals surface area contributed by atoms with E-state index in [9.17, 15) is 18.4 Å². The van der Waals surface area contributed by atoms with E-state index in [-0.39, 0.29) is 11.5 Å². The molecule has 0 aliphatic heterocycles. The van der Waals surface area contributed by atoms with Crippen LogP contribution >= 0.6 is 0 Å². The molecular formula is C15H12F2N2O2. The molecule has 4 nitrogen and oxygen atoms in total. The van der Waals surface area contributed by atoms with E-state index in [1.54, 1.807) is 18.2 Å². The van der Waals surface area contributed by atoms with Crippen molar-refractivity contribution in [1.29, 1.82) is 0 Å². The lowest BCUT2D eigenvalue weighted by Crippen LogP contribution is -2.19. The van der Waals surface area contributed by atoms with Gasteiger partial charge in [0.2, 0.25) is 0 Å². The van der Waals surface area contributed by atoms with E-state index >= 15 is 0 Å². The van der Waals surface area contributed by atoms with Gasteiger partial charge in [0.05, 0.1) is 0 Å². The fraction of sp³-hybridized carbons (Fsp3) is 0.0667. The third kappa shape index (κ3) is 4.10. The standard InChI is InChI=1S/C15H12F2N2O2/c1-9(20)10-3-2-4-13(5-10)18-15(21)19-14-7-11(16)6-12(17)8-14/h2-8H,1H3,(H2,18,19,21). The van der Waals surface area contributed by atoms with Crippen LogP contribution in [-0.4, -0.2) is 11.8 Å². The lowest BCUT2D eigenvalue weighted by Gasteiger charge is -2.08. The minimum Gasteiger partial charge on any atom is -0.308 e. The summed E-state index contributed by atoms with van der Waals surface area (Å²) in [4.78, 5) is 23.0. The van der Waals surface area contributed by atoms with Crippen molar-refractivity contribution < 1.29 is 18.4 Å². The van der Waals surface area contributed by atoms with E-state index in [0.717, 1.165) is 12.1 Å². The number of Topliss-reactive ketones (excluding diaryl/α,β-unsaturated/α-hetero) is 1. The second kappa shape index (κ2) is 6.13. The van der Waals surface area contributed by atoms with E-state index in [1.807, 2.05) is 0 Å². The first kappa shape index (κ1) is 14.6. The summed E-state index contributed by atoms with van der Waals surface area (Å²) in [6.07, 6.45) is 0. The minimum absolute atomic E-state index is 0.00674. The summed E-state index contributed by atoms with van der Waals surface area (Å²) in [6.45, 7) is 1.41. The maximum Gasteiger partial charge on any atom is 0.323 e. The monoisotopic (exact) mass is 290 g/mol. The van der Waals surface area contributed by atoms with Gasteiger partial charge in [-0.15, -0.1) is 0 Å². The normalized spacial score (nSPS) is 10.0. The number of carbonyl (C=O) groups is 2. The molecule has 2 amide bonds. The molecule has 108 valence electrons. The Morgan fingerprint density at radius 1 is 0.905 bits per heavy atom. The molecule has 0 saturated heterocycles. The number of amides is 2. The second-order valence-corrected chi connectivity index (χ2v) is 4.37. The fourth-order valence-electron chi connectivity index (χ4n) is 1.74. The summed E-state index contributed by atoms with van der Waals surface area (Å²) in [5.41, 5.74) is 0.842. The average Bonchev–Trinajstić information content (AvgIpc) is 2.37. The van der Waals surface area contributed by atoms with Gasteiger partial charge in [0.15, 0.2) is 5.78 Å². The molecule has 0 aromatic heterocycles. The highest BCUT2D eigenvalue weighted by Gasteiger charge is 2.07. The molecule has 2 aromatic carbocycles. The summed E-state index contributed by atoms with van der Waals surface area (Å²) in [7, 11) is 0. The Labute approximate surface area is 119 Å². The third-order valence-corrected chi connectivity index (χ3v) is 2.65. The molecule has 0 fully saturated rings. The van der Waals surface area contributed by atoms with Crippen LogP contribution in [0, 0.1) is 11.6 Å². The summed E-state index contributed by atoms with van der Waals surface area (Å²) >= 11 is 0. The van der Waals surface area contributed by atoms with Crippen LogP contribution in [0.15, 0.2) is 42.5 Å². The van der Waals surface area contributed by atoms with Crippen molar-refractivity contribution in [2.75, 3.05) is 10.6 Å². The highest BCUT2D eigenvalue weighted by Crippen LogP contribution is 2.15. The summed E-state index contributed by atoms with van der Waals surface area (Å²) in [5, 5.41) is 4.78. The van der Waals surface area contributed by atoms with Gasteiger partial charge in [-0.3, -0.25) is 4.79 Å². The molecule has 0 aliphatic rings. The first-order valence-electron chi connectivity index (χ1n) is 6.09. The zero-order chi connectivity index (χ0) is 15.4. The molecular weight excluding hydrogens is 278 g/mol. The van der Waals surface area contributed by atoms with Gasteiger partial charge in [0.25, 0.3) is 0 Å². The molecule has 6 heteroatoms. The fourth-order valence-corrected chi connectivity index (χ4v) is 1.74. The number of halogens is 2. The molecule has 0 radical (unpaired) electrons. The van der Waals surface area contributed by atoms with Gasteiger partial charge in [0.1, 0.15) is 11.6 Å². The van der Waals surface area contributed by atoms with Crippen molar-refractivity contribution >= 4 is 23.2 Å². The molecule has 0 aliphatic carbocycles. The highest BCUT2D eigenvalue weighted by molar-refractivity contribution is 6.01. The Bertz CT molecular complexity index is 682. The van der Waals surface area contributed by atoms with Crippen molar-refractivity contribution in [3.05, 3.63) is 59.7 Å². The number of urea groups is 1. The number of benzene rings is 2. The number of nitrogens with one attached hydrogen (secondary N) is 2. The highest BCUT2D eigenvalue weighted by atomic mass is 19.1. The molecule has 0 unspecified atom stereocenters. The zero-order valence-electron chi connectivity index (χ0n) is 11.1. The molecule has 0 spiro atoms. The van der Waals surface area contributed by atoms with E-state index in [0.29, 0.717) is 17.3 Å². The maximum atomic E-state index is 13.0. The first-order valence-corrected chi connectivity index (χ1v) is 6.09. The molecule has 0 bridgehead atoms. The Morgan fingerprint density at radius 2 is 1.52 bits per heavy atom. The average molecular weight is 290 g/mol. The van der Waals surface area contributed by atoms with E-state index < -0.39 is 17.7 Å². The van der Waals surface area contributed by atoms with Crippen molar-refractivity contribution in [3.63, 3.8) is 0 Å². The van der Waals surface area contributed by atoms with Crippen LogP contribution in [-0.2, 0) is 0 Å². The van der Waals surface area contributed by atoms with Gasteiger partial charge >= 0.3 is 6.03 Å². The SMILES string of the molecule is CC(=O)c1cccc(NC(=O)Nc2cc(F)cc(F)c2)c1. The maximum absolute atomic E-state index is 13.0. The van der Waals surface area contributed by atoms with Crippen molar-refractivity contribution in [2.24, 2.45) is 0 Å². The van der Waals surface area contributed by atoms with Crippen LogP contribution in [0.25, 0.3) is 0 Å². The van der Waals surface area contributed by atoms with Crippen LogP contribution in [0.5, 0.6) is 0 Å². The summed E-state index contributed by atoms with van der Waals surface area (Å²) in [5.74, 6) is -1.71. The van der Waals surface area contributed by atoms with Crippen molar-refractivity contribution in [3.8, 4) is 0 Å². The summed E-state index contributed by atoms with van der Waals surface area (Å²) in [6, 6.07) is 8.37. The molecule has 0 atom stereocenters. The van der Waals surface area contributed by atoms with Gasteiger partial charge < -0.3 is 10.6 Å². The van der Waals surface area contributed by atoms with Crippen LogP contribution in [0.1, 0.15) is 17.3 Å². The number of rotatable bonds is 3.